The molecule has 0 heterocycles. The van der Waals surface area contributed by atoms with E-state index >= 15 is 0 Å². The van der Waals surface area contributed by atoms with E-state index in [2.05, 4.69) is 0 Å². The molecule has 0 atom stereocenters. The maximum atomic E-state index is 13.5. The fourth-order valence-electron chi connectivity index (χ4n) is 1.72. The van der Waals surface area contributed by atoms with Crippen molar-refractivity contribution in [2.45, 2.75) is 6.18 Å². The monoisotopic (exact) mass is 256 g/mol. The highest BCUT2D eigenvalue weighted by Gasteiger charge is 2.35. The summed E-state index contributed by atoms with van der Waals surface area (Å²) in [6.07, 6.45) is -4.66. The summed E-state index contributed by atoms with van der Waals surface area (Å²) in [4.78, 5) is 0. The number of phenols is 1. The summed E-state index contributed by atoms with van der Waals surface area (Å²) in [6.45, 7) is 0. The number of rotatable bonds is 1. The molecule has 0 amide bonds. The first-order valence-electron chi connectivity index (χ1n) is 5.05. The highest BCUT2D eigenvalue weighted by atomic mass is 19.4. The molecule has 0 aliphatic heterocycles. The number of hydrogen-bond donors (Lipinski definition) is 1. The normalized spacial score (nSPS) is 11.6. The van der Waals surface area contributed by atoms with Gasteiger partial charge in [0.1, 0.15) is 11.6 Å². The first kappa shape index (κ1) is 12.4. The van der Waals surface area contributed by atoms with Gasteiger partial charge in [0, 0.05) is 11.1 Å². The Morgan fingerprint density at radius 3 is 2.17 bits per heavy atom. The zero-order valence-electron chi connectivity index (χ0n) is 9.00. The second kappa shape index (κ2) is 4.33. The minimum atomic E-state index is -4.66. The molecule has 0 aromatic heterocycles. The van der Waals surface area contributed by atoms with Gasteiger partial charge < -0.3 is 5.11 Å². The molecule has 1 nitrogen and oxygen atoms in total. The van der Waals surface area contributed by atoms with Crippen molar-refractivity contribution in [3.63, 3.8) is 0 Å². The molecule has 1 N–H and O–H groups in total. The number of benzene rings is 2. The molecule has 5 heteroatoms. The predicted octanol–water partition coefficient (Wildman–Crippen LogP) is 4.22. The van der Waals surface area contributed by atoms with Gasteiger partial charge in [-0.25, -0.2) is 4.39 Å². The van der Waals surface area contributed by atoms with Crippen LogP contribution >= 0.6 is 0 Å². The molecule has 2 rings (SSSR count). The van der Waals surface area contributed by atoms with Crippen LogP contribution in [-0.2, 0) is 6.18 Å². The Morgan fingerprint density at radius 2 is 1.56 bits per heavy atom. The van der Waals surface area contributed by atoms with E-state index in [-0.39, 0.29) is 5.56 Å². The molecular formula is C13H8F4O. The molecule has 0 saturated heterocycles. The van der Waals surface area contributed by atoms with Crippen molar-refractivity contribution in [1.29, 1.82) is 0 Å². The quantitative estimate of drug-likeness (QED) is 0.757. The third-order valence-electron chi connectivity index (χ3n) is 2.49. The van der Waals surface area contributed by atoms with Gasteiger partial charge >= 0.3 is 6.18 Å². The van der Waals surface area contributed by atoms with E-state index < -0.39 is 28.9 Å². The van der Waals surface area contributed by atoms with E-state index in [4.69, 9.17) is 0 Å². The zero-order chi connectivity index (χ0) is 13.3. The second-order valence-corrected chi connectivity index (χ2v) is 3.68. The Kier molecular flexibility index (Phi) is 2.98. The lowest BCUT2D eigenvalue weighted by atomic mass is 9.98. The maximum absolute atomic E-state index is 13.5. The van der Waals surface area contributed by atoms with Crippen LogP contribution in [0.4, 0.5) is 17.6 Å². The van der Waals surface area contributed by atoms with E-state index in [9.17, 15) is 22.7 Å². The fraction of sp³-hybridized carbons (Fsp3) is 0.0769. The minimum absolute atomic E-state index is 0.275. The van der Waals surface area contributed by atoms with Gasteiger partial charge in [-0.2, -0.15) is 13.2 Å². The second-order valence-electron chi connectivity index (χ2n) is 3.68. The van der Waals surface area contributed by atoms with Gasteiger partial charge in [-0.05, 0) is 18.2 Å². The Morgan fingerprint density at radius 1 is 0.889 bits per heavy atom. The molecule has 0 bridgehead atoms. The smallest absolute Gasteiger partial charge is 0.417 e. The number of phenolic OH excluding ortho intramolecular Hbond substituents is 1. The van der Waals surface area contributed by atoms with E-state index in [1.54, 1.807) is 0 Å². The van der Waals surface area contributed by atoms with Crippen LogP contribution in [0.3, 0.4) is 0 Å². The summed E-state index contributed by atoms with van der Waals surface area (Å²) >= 11 is 0. The lowest BCUT2D eigenvalue weighted by Crippen LogP contribution is -2.07. The zero-order valence-corrected chi connectivity index (χ0v) is 9.00. The summed E-state index contributed by atoms with van der Waals surface area (Å²) in [7, 11) is 0. The van der Waals surface area contributed by atoms with Gasteiger partial charge in [0.15, 0.2) is 0 Å². The van der Waals surface area contributed by atoms with Crippen molar-refractivity contribution in [3.8, 4) is 16.9 Å². The summed E-state index contributed by atoms with van der Waals surface area (Å²) < 4.78 is 52.0. The molecule has 0 saturated carbocycles. The molecule has 0 aliphatic carbocycles. The van der Waals surface area contributed by atoms with Gasteiger partial charge in [-0.15, -0.1) is 0 Å². The van der Waals surface area contributed by atoms with Gasteiger partial charge in [0.05, 0.1) is 5.56 Å². The van der Waals surface area contributed by atoms with Crippen LogP contribution in [0.15, 0.2) is 42.5 Å². The standard InChI is InChI=1S/C13H8F4O/c14-10-6-2-1-4-8(10)12-9(13(15,16)17)5-3-7-11(12)18/h1-7,18H. The first-order chi connectivity index (χ1) is 8.41. The molecule has 0 spiro atoms. The van der Waals surface area contributed by atoms with E-state index in [0.717, 1.165) is 24.3 Å². The van der Waals surface area contributed by atoms with Crippen LogP contribution in [0.25, 0.3) is 11.1 Å². The highest BCUT2D eigenvalue weighted by molar-refractivity contribution is 5.74. The average Bonchev–Trinajstić information content (AvgIpc) is 2.29. The largest absolute Gasteiger partial charge is 0.507 e. The maximum Gasteiger partial charge on any atom is 0.417 e. The lowest BCUT2D eigenvalue weighted by Gasteiger charge is -2.14. The number of aromatic hydroxyl groups is 1. The summed E-state index contributed by atoms with van der Waals surface area (Å²) in [5, 5.41) is 9.57. The molecular weight excluding hydrogens is 248 g/mol. The molecule has 0 fully saturated rings. The predicted molar refractivity (Wildman–Crippen MR) is 58.5 cm³/mol. The molecule has 0 radical (unpaired) electrons. The van der Waals surface area contributed by atoms with E-state index in [1.165, 1.54) is 18.2 Å². The highest BCUT2D eigenvalue weighted by Crippen LogP contribution is 2.42. The molecule has 2 aromatic rings. The number of hydrogen-bond acceptors (Lipinski definition) is 1. The summed E-state index contributed by atoms with van der Waals surface area (Å²) in [5.74, 6) is -1.42. The van der Waals surface area contributed by atoms with Crippen molar-refractivity contribution in [2.24, 2.45) is 0 Å². The van der Waals surface area contributed by atoms with Gasteiger partial charge in [0.25, 0.3) is 0 Å². The van der Waals surface area contributed by atoms with Crippen molar-refractivity contribution < 1.29 is 22.7 Å². The minimum Gasteiger partial charge on any atom is -0.507 e. The third kappa shape index (κ3) is 2.16. The molecule has 0 unspecified atom stereocenters. The number of halogens is 4. The Labute approximate surface area is 100 Å². The fourth-order valence-corrected chi connectivity index (χ4v) is 1.72. The van der Waals surface area contributed by atoms with Crippen LogP contribution in [0.1, 0.15) is 5.56 Å². The van der Waals surface area contributed by atoms with Crippen LogP contribution in [0.2, 0.25) is 0 Å². The SMILES string of the molecule is Oc1cccc(C(F)(F)F)c1-c1ccccc1F. The lowest BCUT2D eigenvalue weighted by molar-refractivity contribution is -0.137. The van der Waals surface area contributed by atoms with Crippen molar-refractivity contribution in [2.75, 3.05) is 0 Å². The van der Waals surface area contributed by atoms with E-state index in [1.807, 2.05) is 0 Å². The van der Waals surface area contributed by atoms with Gasteiger partial charge in [-0.1, -0.05) is 24.3 Å². The van der Waals surface area contributed by atoms with Crippen LogP contribution < -0.4 is 0 Å². The van der Waals surface area contributed by atoms with Gasteiger partial charge in [0.2, 0.25) is 0 Å². The van der Waals surface area contributed by atoms with Crippen molar-refractivity contribution in [3.05, 3.63) is 53.8 Å². The van der Waals surface area contributed by atoms with Crippen LogP contribution in [0, 0.1) is 5.82 Å². The summed E-state index contributed by atoms with van der Waals surface area (Å²) in [5.41, 5.74) is -1.88. The van der Waals surface area contributed by atoms with E-state index in [0.29, 0.717) is 0 Å². The van der Waals surface area contributed by atoms with Gasteiger partial charge in [-0.3, -0.25) is 0 Å². The summed E-state index contributed by atoms with van der Waals surface area (Å²) in [6, 6.07) is 7.99. The van der Waals surface area contributed by atoms with Crippen LogP contribution in [0.5, 0.6) is 5.75 Å². The van der Waals surface area contributed by atoms with Crippen LogP contribution in [-0.4, -0.2) is 5.11 Å². The third-order valence-corrected chi connectivity index (χ3v) is 2.49. The Hall–Kier alpha value is -2.04. The average molecular weight is 256 g/mol. The topological polar surface area (TPSA) is 20.2 Å². The molecule has 0 aliphatic rings. The Bertz CT molecular complexity index is 575. The molecule has 94 valence electrons. The molecule has 2 aromatic carbocycles. The number of alkyl halides is 3. The Balaban J connectivity index is 2.75. The first-order valence-corrected chi connectivity index (χ1v) is 5.05. The molecule has 18 heavy (non-hydrogen) atoms. The van der Waals surface area contributed by atoms with Crippen molar-refractivity contribution >= 4 is 0 Å². The van der Waals surface area contributed by atoms with Crippen molar-refractivity contribution in [1.82, 2.24) is 0 Å².